The van der Waals surface area contributed by atoms with Crippen LogP contribution in [0.15, 0.2) is 23.1 Å². The zero-order valence-electron chi connectivity index (χ0n) is 10.4. The van der Waals surface area contributed by atoms with E-state index in [4.69, 9.17) is 10.5 Å². The van der Waals surface area contributed by atoms with Gasteiger partial charge in [-0.05, 0) is 37.3 Å². The van der Waals surface area contributed by atoms with Gasteiger partial charge in [0.2, 0.25) is 0 Å². The Labute approximate surface area is 107 Å². The maximum atomic E-state index is 11.6. The molecule has 0 spiro atoms. The van der Waals surface area contributed by atoms with Crippen molar-refractivity contribution in [3.05, 3.63) is 23.8 Å². The zero-order valence-corrected chi connectivity index (χ0v) is 11.2. The molecule has 1 aromatic rings. The first-order valence-electron chi connectivity index (χ1n) is 5.88. The Balaban J connectivity index is 2.75. The lowest BCUT2D eigenvalue weighted by Gasteiger charge is -2.07. The van der Waals surface area contributed by atoms with Crippen LogP contribution in [-0.2, 0) is 4.74 Å². The lowest BCUT2D eigenvalue weighted by Crippen LogP contribution is -2.05. The molecular formula is C13H19NO2S. The molecule has 0 radical (unpaired) electrons. The maximum absolute atomic E-state index is 11.6. The summed E-state index contributed by atoms with van der Waals surface area (Å²) in [6, 6.07) is 5.28. The second kappa shape index (κ2) is 7.22. The summed E-state index contributed by atoms with van der Waals surface area (Å²) >= 11 is 1.69. The SMILES string of the molecule is CCCCSc1cc(C(=O)OCC)ccc1N. The summed E-state index contributed by atoms with van der Waals surface area (Å²) in [7, 11) is 0. The van der Waals surface area contributed by atoms with Gasteiger partial charge >= 0.3 is 5.97 Å². The van der Waals surface area contributed by atoms with Crippen LogP contribution in [0.3, 0.4) is 0 Å². The molecule has 0 aliphatic rings. The Hall–Kier alpha value is -1.16. The van der Waals surface area contributed by atoms with Crippen LogP contribution in [0.25, 0.3) is 0 Å². The number of anilines is 1. The fraction of sp³-hybridized carbons (Fsp3) is 0.462. The zero-order chi connectivity index (χ0) is 12.7. The number of hydrogen-bond acceptors (Lipinski definition) is 4. The Morgan fingerprint density at radius 1 is 1.41 bits per heavy atom. The number of nitrogens with two attached hydrogens (primary N) is 1. The predicted molar refractivity (Wildman–Crippen MR) is 72.4 cm³/mol. The van der Waals surface area contributed by atoms with Crippen LogP contribution in [-0.4, -0.2) is 18.3 Å². The van der Waals surface area contributed by atoms with Crippen molar-refractivity contribution in [1.29, 1.82) is 0 Å². The molecule has 3 nitrogen and oxygen atoms in total. The van der Waals surface area contributed by atoms with Crippen LogP contribution < -0.4 is 5.73 Å². The summed E-state index contributed by atoms with van der Waals surface area (Å²) in [5.74, 6) is 0.734. The number of rotatable bonds is 6. The second-order valence-electron chi connectivity index (χ2n) is 3.68. The van der Waals surface area contributed by atoms with Crippen molar-refractivity contribution in [3.63, 3.8) is 0 Å². The summed E-state index contributed by atoms with van der Waals surface area (Å²) in [5, 5.41) is 0. The third-order valence-corrected chi connectivity index (χ3v) is 3.44. The van der Waals surface area contributed by atoms with Crippen LogP contribution in [0.5, 0.6) is 0 Å². The number of unbranched alkanes of at least 4 members (excludes halogenated alkanes) is 1. The molecule has 17 heavy (non-hydrogen) atoms. The number of hydrogen-bond donors (Lipinski definition) is 1. The van der Waals surface area contributed by atoms with Gasteiger partial charge in [0, 0.05) is 10.6 Å². The number of carbonyl (C=O) groups excluding carboxylic acids is 1. The molecule has 0 unspecified atom stereocenters. The molecule has 4 heteroatoms. The van der Waals surface area contributed by atoms with Crippen LogP contribution in [0.1, 0.15) is 37.0 Å². The third kappa shape index (κ3) is 4.30. The summed E-state index contributed by atoms with van der Waals surface area (Å²) < 4.78 is 4.96. The molecule has 0 amide bonds. The molecule has 0 bridgehead atoms. The van der Waals surface area contributed by atoms with Gasteiger partial charge in [-0.3, -0.25) is 0 Å². The van der Waals surface area contributed by atoms with E-state index in [1.807, 2.05) is 6.07 Å². The highest BCUT2D eigenvalue weighted by atomic mass is 32.2. The minimum atomic E-state index is -0.287. The lowest BCUT2D eigenvalue weighted by molar-refractivity contribution is 0.0526. The van der Waals surface area contributed by atoms with Gasteiger partial charge in [-0.15, -0.1) is 11.8 Å². The van der Waals surface area contributed by atoms with Gasteiger partial charge in [-0.1, -0.05) is 13.3 Å². The first-order valence-corrected chi connectivity index (χ1v) is 6.87. The van der Waals surface area contributed by atoms with Crippen molar-refractivity contribution in [1.82, 2.24) is 0 Å². The quantitative estimate of drug-likeness (QED) is 0.365. The topological polar surface area (TPSA) is 52.3 Å². The molecule has 0 aliphatic heterocycles. The number of nitrogen functional groups attached to an aromatic ring is 1. The molecule has 0 saturated heterocycles. The highest BCUT2D eigenvalue weighted by Gasteiger charge is 2.09. The standard InChI is InChI=1S/C13H19NO2S/c1-3-5-8-17-12-9-10(6-7-11(12)14)13(15)16-4-2/h6-7,9H,3-5,8,14H2,1-2H3. The molecule has 2 N–H and O–H groups in total. The molecule has 0 atom stereocenters. The van der Waals surface area contributed by atoms with E-state index >= 15 is 0 Å². The maximum Gasteiger partial charge on any atom is 0.338 e. The number of thioether (sulfide) groups is 1. The van der Waals surface area contributed by atoms with Gasteiger partial charge in [-0.25, -0.2) is 4.79 Å². The van der Waals surface area contributed by atoms with Crippen LogP contribution in [0.4, 0.5) is 5.69 Å². The molecule has 94 valence electrons. The molecule has 0 heterocycles. The van der Waals surface area contributed by atoms with Crippen molar-refractivity contribution in [2.45, 2.75) is 31.6 Å². The van der Waals surface area contributed by atoms with E-state index in [0.29, 0.717) is 12.2 Å². The Morgan fingerprint density at radius 2 is 2.18 bits per heavy atom. The van der Waals surface area contributed by atoms with E-state index in [-0.39, 0.29) is 5.97 Å². The molecule has 1 rings (SSSR count). The van der Waals surface area contributed by atoms with Gasteiger partial charge < -0.3 is 10.5 Å². The van der Waals surface area contributed by atoms with E-state index in [2.05, 4.69) is 6.92 Å². The number of esters is 1. The first kappa shape index (κ1) is 13.9. The van der Waals surface area contributed by atoms with E-state index < -0.39 is 0 Å². The molecule has 0 fully saturated rings. The summed E-state index contributed by atoms with van der Waals surface area (Å²) in [6.45, 7) is 4.34. The Bertz CT molecular complexity index is 380. The predicted octanol–water partition coefficient (Wildman–Crippen LogP) is 3.34. The van der Waals surface area contributed by atoms with Gasteiger partial charge in [-0.2, -0.15) is 0 Å². The molecule has 1 aromatic carbocycles. The van der Waals surface area contributed by atoms with Crippen molar-refractivity contribution in [2.75, 3.05) is 18.1 Å². The highest BCUT2D eigenvalue weighted by Crippen LogP contribution is 2.27. The summed E-state index contributed by atoms with van der Waals surface area (Å²) in [5.41, 5.74) is 7.16. The first-order chi connectivity index (χ1) is 8.19. The van der Waals surface area contributed by atoms with E-state index in [1.54, 1.807) is 30.8 Å². The smallest absolute Gasteiger partial charge is 0.338 e. The Kier molecular flexibility index (Phi) is 5.91. The van der Waals surface area contributed by atoms with Crippen molar-refractivity contribution in [3.8, 4) is 0 Å². The monoisotopic (exact) mass is 253 g/mol. The largest absolute Gasteiger partial charge is 0.462 e. The van der Waals surface area contributed by atoms with Crippen molar-refractivity contribution >= 4 is 23.4 Å². The fourth-order valence-corrected chi connectivity index (χ4v) is 2.43. The molecule has 0 aromatic heterocycles. The van der Waals surface area contributed by atoms with Crippen LogP contribution >= 0.6 is 11.8 Å². The van der Waals surface area contributed by atoms with Gasteiger partial charge in [0.1, 0.15) is 0 Å². The van der Waals surface area contributed by atoms with Crippen LogP contribution in [0, 0.1) is 0 Å². The summed E-state index contributed by atoms with van der Waals surface area (Å²) in [4.78, 5) is 12.5. The van der Waals surface area contributed by atoms with Gasteiger partial charge in [0.15, 0.2) is 0 Å². The average Bonchev–Trinajstić information content (AvgIpc) is 2.32. The molecule has 0 saturated carbocycles. The van der Waals surface area contributed by atoms with Crippen molar-refractivity contribution in [2.24, 2.45) is 0 Å². The normalized spacial score (nSPS) is 10.2. The summed E-state index contributed by atoms with van der Waals surface area (Å²) in [6.07, 6.45) is 2.30. The number of carbonyl (C=O) groups is 1. The molecular weight excluding hydrogens is 234 g/mol. The Morgan fingerprint density at radius 3 is 2.82 bits per heavy atom. The van der Waals surface area contributed by atoms with Gasteiger partial charge in [0.05, 0.1) is 12.2 Å². The van der Waals surface area contributed by atoms with Crippen LogP contribution in [0.2, 0.25) is 0 Å². The molecule has 0 aliphatic carbocycles. The second-order valence-corrected chi connectivity index (χ2v) is 4.81. The van der Waals surface area contributed by atoms with E-state index in [1.165, 1.54) is 0 Å². The van der Waals surface area contributed by atoms with Crippen molar-refractivity contribution < 1.29 is 9.53 Å². The van der Waals surface area contributed by atoms with Gasteiger partial charge in [0.25, 0.3) is 0 Å². The van der Waals surface area contributed by atoms with E-state index in [9.17, 15) is 4.79 Å². The fourth-order valence-electron chi connectivity index (χ4n) is 1.33. The average molecular weight is 253 g/mol. The minimum Gasteiger partial charge on any atom is -0.462 e. The number of benzene rings is 1. The lowest BCUT2D eigenvalue weighted by atomic mass is 10.2. The number of ether oxygens (including phenoxy) is 1. The highest BCUT2D eigenvalue weighted by molar-refractivity contribution is 7.99. The minimum absolute atomic E-state index is 0.287. The third-order valence-electron chi connectivity index (χ3n) is 2.28. The van der Waals surface area contributed by atoms with E-state index in [0.717, 1.165) is 29.2 Å².